The summed E-state index contributed by atoms with van der Waals surface area (Å²) in [6.45, 7) is 1.83. The lowest BCUT2D eigenvalue weighted by Gasteiger charge is -2.12. The summed E-state index contributed by atoms with van der Waals surface area (Å²) in [5.74, 6) is -0.0821. The number of para-hydroxylation sites is 1. The highest BCUT2D eigenvalue weighted by Gasteiger charge is 2.13. The van der Waals surface area contributed by atoms with Crippen molar-refractivity contribution in [1.29, 1.82) is 0 Å². The normalized spacial score (nSPS) is 10.7. The van der Waals surface area contributed by atoms with Crippen LogP contribution in [0.5, 0.6) is 5.75 Å². The Balaban J connectivity index is 2.16. The van der Waals surface area contributed by atoms with Crippen molar-refractivity contribution in [3.8, 4) is 28.0 Å². The highest BCUT2D eigenvalue weighted by atomic mass is 19.1. The minimum Gasteiger partial charge on any atom is -0.507 e. The molecule has 0 atom stereocenters. The van der Waals surface area contributed by atoms with E-state index in [-0.39, 0.29) is 11.4 Å². The number of hydrogen-bond donors (Lipinski definition) is 3. The molecule has 0 radical (unpaired) electrons. The van der Waals surface area contributed by atoms with E-state index in [1.54, 1.807) is 30.3 Å². The van der Waals surface area contributed by atoms with Crippen molar-refractivity contribution in [3.05, 3.63) is 60.0 Å². The Morgan fingerprint density at radius 2 is 1.65 bits per heavy atom. The smallest absolute Gasteiger partial charge is 0.146 e. The Hall–Kier alpha value is -3.08. The summed E-state index contributed by atoms with van der Waals surface area (Å²) < 4.78 is 13.7. The summed E-state index contributed by atoms with van der Waals surface area (Å²) in [5.41, 5.74) is 14.5. The summed E-state index contributed by atoms with van der Waals surface area (Å²) in [6, 6.07) is 13.3. The van der Waals surface area contributed by atoms with Gasteiger partial charge in [0.05, 0.1) is 5.69 Å². The van der Waals surface area contributed by atoms with Gasteiger partial charge in [-0.1, -0.05) is 24.3 Å². The molecule has 0 saturated heterocycles. The van der Waals surface area contributed by atoms with Crippen LogP contribution in [-0.2, 0) is 0 Å². The molecule has 4 nitrogen and oxygen atoms in total. The third-order valence-electron chi connectivity index (χ3n) is 3.63. The fourth-order valence-corrected chi connectivity index (χ4v) is 2.55. The van der Waals surface area contributed by atoms with Crippen LogP contribution in [0.25, 0.3) is 22.3 Å². The molecule has 0 aliphatic carbocycles. The molecule has 0 aliphatic heterocycles. The molecule has 1 aromatic heterocycles. The maximum atomic E-state index is 13.7. The first-order valence-corrected chi connectivity index (χ1v) is 7.07. The van der Waals surface area contributed by atoms with Crippen molar-refractivity contribution in [3.63, 3.8) is 0 Å². The summed E-state index contributed by atoms with van der Waals surface area (Å²) >= 11 is 0. The van der Waals surface area contributed by atoms with E-state index in [9.17, 15) is 9.50 Å². The molecule has 0 aliphatic rings. The number of anilines is 2. The number of nitrogens with two attached hydrogens (primary N) is 2. The van der Waals surface area contributed by atoms with E-state index >= 15 is 0 Å². The third-order valence-corrected chi connectivity index (χ3v) is 3.63. The van der Waals surface area contributed by atoms with Crippen LogP contribution in [0, 0.1) is 12.7 Å². The maximum absolute atomic E-state index is 13.7. The zero-order chi connectivity index (χ0) is 16.6. The quantitative estimate of drug-likeness (QED) is 0.630. The monoisotopic (exact) mass is 309 g/mol. The Kier molecular flexibility index (Phi) is 3.62. The van der Waals surface area contributed by atoms with Crippen molar-refractivity contribution >= 4 is 11.5 Å². The molecule has 5 N–H and O–H groups in total. The minimum atomic E-state index is -0.517. The molecular formula is C18H16FN3O. The van der Waals surface area contributed by atoms with E-state index in [2.05, 4.69) is 4.98 Å². The van der Waals surface area contributed by atoms with Gasteiger partial charge in [-0.15, -0.1) is 0 Å². The molecule has 2 aromatic carbocycles. The van der Waals surface area contributed by atoms with Gasteiger partial charge in [0.15, 0.2) is 0 Å². The van der Waals surface area contributed by atoms with Crippen LogP contribution >= 0.6 is 0 Å². The fraction of sp³-hybridized carbons (Fsp3) is 0.0556. The molecule has 116 valence electrons. The number of nitrogens with zero attached hydrogens (tertiary/aromatic N) is 1. The van der Waals surface area contributed by atoms with Gasteiger partial charge in [-0.05, 0) is 42.3 Å². The number of pyridine rings is 1. The van der Waals surface area contributed by atoms with Gasteiger partial charge in [-0.25, -0.2) is 9.37 Å². The Morgan fingerprint density at radius 3 is 2.30 bits per heavy atom. The number of rotatable bonds is 2. The number of benzene rings is 2. The average Bonchev–Trinajstić information content (AvgIpc) is 2.49. The maximum Gasteiger partial charge on any atom is 0.146 e. The zero-order valence-corrected chi connectivity index (χ0v) is 12.5. The molecule has 23 heavy (non-hydrogen) atoms. The number of phenols is 1. The Morgan fingerprint density at radius 1 is 0.957 bits per heavy atom. The molecule has 0 spiro atoms. The molecule has 1 heterocycles. The first-order chi connectivity index (χ1) is 11.0. The summed E-state index contributed by atoms with van der Waals surface area (Å²) in [5, 5.41) is 10.6. The molecule has 0 saturated carbocycles. The van der Waals surface area contributed by atoms with Crippen LogP contribution in [0.4, 0.5) is 15.9 Å². The second-order valence-electron chi connectivity index (χ2n) is 5.36. The molecule has 0 unspecified atom stereocenters. The predicted molar refractivity (Wildman–Crippen MR) is 90.3 cm³/mol. The summed E-state index contributed by atoms with van der Waals surface area (Å²) in [6.07, 6.45) is 0. The van der Waals surface area contributed by atoms with E-state index in [1.165, 1.54) is 12.1 Å². The van der Waals surface area contributed by atoms with Crippen molar-refractivity contribution in [2.24, 2.45) is 0 Å². The van der Waals surface area contributed by atoms with Crippen molar-refractivity contribution in [2.45, 2.75) is 6.92 Å². The Labute approximate surface area is 133 Å². The van der Waals surface area contributed by atoms with Crippen LogP contribution in [-0.4, -0.2) is 10.1 Å². The van der Waals surface area contributed by atoms with Gasteiger partial charge >= 0.3 is 0 Å². The van der Waals surface area contributed by atoms with Gasteiger partial charge in [0.2, 0.25) is 0 Å². The SMILES string of the molecule is Cc1cc(-c2cccc(-c3ccc(N)c(F)c3)c2O)cc(N)n1. The van der Waals surface area contributed by atoms with E-state index in [0.29, 0.717) is 22.5 Å². The third kappa shape index (κ3) is 2.81. The van der Waals surface area contributed by atoms with Gasteiger partial charge in [-0.3, -0.25) is 0 Å². The lowest BCUT2D eigenvalue weighted by atomic mass is 9.97. The molecule has 0 fully saturated rings. The topological polar surface area (TPSA) is 85.2 Å². The largest absolute Gasteiger partial charge is 0.507 e. The predicted octanol–water partition coefficient (Wildman–Crippen LogP) is 3.73. The average molecular weight is 309 g/mol. The first kappa shape index (κ1) is 14.8. The fourth-order valence-electron chi connectivity index (χ4n) is 2.55. The minimum absolute atomic E-state index is 0.0571. The summed E-state index contributed by atoms with van der Waals surface area (Å²) in [7, 11) is 0. The molecule has 0 bridgehead atoms. The zero-order valence-electron chi connectivity index (χ0n) is 12.5. The molecule has 0 amide bonds. The van der Waals surface area contributed by atoms with Gasteiger partial charge in [-0.2, -0.15) is 0 Å². The highest BCUT2D eigenvalue weighted by molar-refractivity contribution is 5.83. The van der Waals surface area contributed by atoms with Gasteiger partial charge in [0.25, 0.3) is 0 Å². The van der Waals surface area contributed by atoms with Gasteiger partial charge < -0.3 is 16.6 Å². The van der Waals surface area contributed by atoms with E-state index in [4.69, 9.17) is 11.5 Å². The number of aromatic hydroxyl groups is 1. The van der Waals surface area contributed by atoms with E-state index < -0.39 is 5.82 Å². The van der Waals surface area contributed by atoms with Crippen molar-refractivity contribution in [1.82, 2.24) is 4.98 Å². The lowest BCUT2D eigenvalue weighted by molar-refractivity contribution is 0.479. The second-order valence-corrected chi connectivity index (χ2v) is 5.36. The number of aromatic nitrogens is 1. The molecule has 3 rings (SSSR count). The Bertz CT molecular complexity index is 873. The molecule has 5 heteroatoms. The second kappa shape index (κ2) is 5.61. The number of nitrogen functional groups attached to an aromatic ring is 2. The standard InChI is InChI=1S/C18H16FN3O/c1-10-7-12(9-17(21)22-10)14-4-2-3-13(18(14)23)11-5-6-16(20)15(19)8-11/h2-9,23H,20H2,1H3,(H2,21,22). The van der Waals surface area contributed by atoms with Crippen LogP contribution in [0.3, 0.4) is 0 Å². The van der Waals surface area contributed by atoms with Gasteiger partial charge in [0, 0.05) is 16.8 Å². The summed E-state index contributed by atoms with van der Waals surface area (Å²) in [4.78, 5) is 4.12. The van der Waals surface area contributed by atoms with Crippen LogP contribution in [0.15, 0.2) is 48.5 Å². The molecule has 3 aromatic rings. The number of hydrogen-bond acceptors (Lipinski definition) is 4. The first-order valence-electron chi connectivity index (χ1n) is 7.07. The number of aryl methyl sites for hydroxylation is 1. The molecular weight excluding hydrogens is 293 g/mol. The van der Waals surface area contributed by atoms with Crippen LogP contribution in [0.2, 0.25) is 0 Å². The van der Waals surface area contributed by atoms with Crippen molar-refractivity contribution in [2.75, 3.05) is 11.5 Å². The lowest BCUT2D eigenvalue weighted by Crippen LogP contribution is -1.94. The van der Waals surface area contributed by atoms with Crippen LogP contribution < -0.4 is 11.5 Å². The van der Waals surface area contributed by atoms with E-state index in [0.717, 1.165) is 11.3 Å². The van der Waals surface area contributed by atoms with Crippen LogP contribution in [0.1, 0.15) is 5.69 Å². The highest BCUT2D eigenvalue weighted by Crippen LogP contribution is 2.38. The van der Waals surface area contributed by atoms with Crippen molar-refractivity contribution < 1.29 is 9.50 Å². The van der Waals surface area contributed by atoms with E-state index in [1.807, 2.05) is 13.0 Å². The number of phenolic OH excluding ortho intramolecular Hbond substituents is 1. The number of halogens is 1. The van der Waals surface area contributed by atoms with Gasteiger partial charge in [0.1, 0.15) is 17.4 Å².